The van der Waals surface area contributed by atoms with Crippen molar-refractivity contribution < 1.29 is 18.7 Å². The van der Waals surface area contributed by atoms with Gasteiger partial charge >= 0.3 is 0 Å². The van der Waals surface area contributed by atoms with Crippen LogP contribution in [0.1, 0.15) is 19.3 Å². The van der Waals surface area contributed by atoms with Crippen LogP contribution in [-0.2, 0) is 9.53 Å². The number of halogens is 2. The number of unbranched alkanes of at least 4 members (excludes halogenated alkanes) is 1. The maximum atomic E-state index is 13.3. The first-order valence-corrected chi connectivity index (χ1v) is 6.69. The molecular weight excluding hydrogens is 317 g/mol. The first-order chi connectivity index (χ1) is 9.08. The van der Waals surface area contributed by atoms with Crippen molar-refractivity contribution in [2.24, 2.45) is 0 Å². The Labute approximate surface area is 120 Å². The Kier molecular flexibility index (Phi) is 6.80. The van der Waals surface area contributed by atoms with Crippen LogP contribution in [0.3, 0.4) is 0 Å². The average Bonchev–Trinajstić information content (AvgIpc) is 2.38. The molecule has 0 heterocycles. The number of benzene rings is 1. The van der Waals surface area contributed by atoms with Crippen molar-refractivity contribution in [1.82, 2.24) is 0 Å². The van der Waals surface area contributed by atoms with Gasteiger partial charge in [-0.2, -0.15) is 0 Å². The van der Waals surface area contributed by atoms with Crippen molar-refractivity contribution in [2.75, 3.05) is 26.1 Å². The van der Waals surface area contributed by atoms with Crippen molar-refractivity contribution in [1.29, 1.82) is 0 Å². The zero-order valence-electron chi connectivity index (χ0n) is 11.0. The Morgan fingerprint density at radius 2 is 2.11 bits per heavy atom. The van der Waals surface area contributed by atoms with Crippen molar-refractivity contribution in [3.63, 3.8) is 0 Å². The second kappa shape index (κ2) is 8.12. The van der Waals surface area contributed by atoms with E-state index in [0.717, 1.165) is 12.8 Å². The van der Waals surface area contributed by atoms with Crippen LogP contribution in [0.4, 0.5) is 10.1 Å². The van der Waals surface area contributed by atoms with E-state index < -0.39 is 5.82 Å². The van der Waals surface area contributed by atoms with E-state index in [0.29, 0.717) is 24.5 Å². The number of rotatable bonds is 7. The molecule has 0 saturated carbocycles. The number of carbonyl (C=O) groups is 1. The summed E-state index contributed by atoms with van der Waals surface area (Å²) in [6.07, 6.45) is 1.96. The number of hydrogen-bond donors (Lipinski definition) is 1. The Morgan fingerprint density at radius 1 is 1.37 bits per heavy atom. The van der Waals surface area contributed by atoms with Gasteiger partial charge in [0.05, 0.1) is 17.3 Å². The summed E-state index contributed by atoms with van der Waals surface area (Å²) in [5, 5.41) is 2.70. The molecule has 0 spiro atoms. The summed E-state index contributed by atoms with van der Waals surface area (Å²) < 4.78 is 23.5. The van der Waals surface area contributed by atoms with E-state index in [1.165, 1.54) is 19.2 Å². The molecule has 0 aliphatic carbocycles. The number of anilines is 1. The van der Waals surface area contributed by atoms with Crippen LogP contribution in [0.25, 0.3) is 0 Å². The van der Waals surface area contributed by atoms with E-state index in [2.05, 4.69) is 21.2 Å². The molecule has 0 unspecified atom stereocenters. The first-order valence-electron chi connectivity index (χ1n) is 5.90. The molecule has 1 N–H and O–H groups in total. The summed E-state index contributed by atoms with van der Waals surface area (Å²) >= 11 is 3.07. The molecule has 0 aliphatic rings. The number of nitrogens with one attached hydrogen (secondary N) is 1. The zero-order valence-corrected chi connectivity index (χ0v) is 12.5. The van der Waals surface area contributed by atoms with E-state index in [9.17, 15) is 9.18 Å². The number of hydrogen-bond acceptors (Lipinski definition) is 3. The number of ether oxygens (including phenoxy) is 2. The van der Waals surface area contributed by atoms with E-state index in [-0.39, 0.29) is 10.4 Å². The summed E-state index contributed by atoms with van der Waals surface area (Å²) in [6, 6.07) is 2.71. The second-order valence-electron chi connectivity index (χ2n) is 3.96. The van der Waals surface area contributed by atoms with Crippen LogP contribution in [0.5, 0.6) is 5.75 Å². The Bertz CT molecular complexity index is 440. The van der Waals surface area contributed by atoms with Gasteiger partial charge < -0.3 is 14.8 Å². The molecule has 1 rings (SSSR count). The first kappa shape index (κ1) is 15.9. The average molecular weight is 334 g/mol. The topological polar surface area (TPSA) is 47.6 Å². The third kappa shape index (κ3) is 5.16. The molecule has 0 aliphatic heterocycles. The van der Waals surface area contributed by atoms with Crippen molar-refractivity contribution in [3.8, 4) is 5.75 Å². The van der Waals surface area contributed by atoms with E-state index >= 15 is 0 Å². The number of methoxy groups -OCH3 is 2. The van der Waals surface area contributed by atoms with E-state index in [1.54, 1.807) is 7.11 Å². The molecule has 4 nitrogen and oxygen atoms in total. The van der Waals surface area contributed by atoms with Crippen LogP contribution in [0, 0.1) is 5.82 Å². The van der Waals surface area contributed by atoms with Gasteiger partial charge in [0.1, 0.15) is 11.6 Å². The molecule has 1 aromatic carbocycles. The van der Waals surface area contributed by atoms with Gasteiger partial charge in [0.15, 0.2) is 0 Å². The van der Waals surface area contributed by atoms with Crippen LogP contribution in [0.2, 0.25) is 0 Å². The Hall–Kier alpha value is -1.14. The highest BCUT2D eigenvalue weighted by Crippen LogP contribution is 2.30. The third-order valence-electron chi connectivity index (χ3n) is 2.52. The fraction of sp³-hybridized carbons (Fsp3) is 0.462. The summed E-state index contributed by atoms with van der Waals surface area (Å²) in [5.41, 5.74) is 0.451. The minimum absolute atomic E-state index is 0.132. The van der Waals surface area contributed by atoms with Crippen LogP contribution in [0.15, 0.2) is 16.6 Å². The lowest BCUT2D eigenvalue weighted by Gasteiger charge is -2.11. The molecule has 0 fully saturated rings. The van der Waals surface area contributed by atoms with Gasteiger partial charge in [0.25, 0.3) is 0 Å². The third-order valence-corrected chi connectivity index (χ3v) is 3.13. The molecule has 1 aromatic rings. The molecule has 0 bridgehead atoms. The Balaban J connectivity index is 2.60. The molecular formula is C13H17BrFNO3. The molecule has 0 saturated heterocycles. The smallest absolute Gasteiger partial charge is 0.224 e. The summed E-state index contributed by atoms with van der Waals surface area (Å²) in [6.45, 7) is 0.638. The van der Waals surface area contributed by atoms with Crippen molar-refractivity contribution in [3.05, 3.63) is 22.4 Å². The van der Waals surface area contributed by atoms with Gasteiger partial charge in [0, 0.05) is 26.2 Å². The van der Waals surface area contributed by atoms with Crippen LogP contribution >= 0.6 is 15.9 Å². The number of amides is 1. The van der Waals surface area contributed by atoms with Crippen molar-refractivity contribution in [2.45, 2.75) is 19.3 Å². The molecule has 1 amide bonds. The minimum atomic E-state index is -0.435. The quantitative estimate of drug-likeness (QED) is 0.778. The summed E-state index contributed by atoms with van der Waals surface area (Å²) in [5.74, 6) is -0.270. The fourth-order valence-corrected chi connectivity index (χ4v) is 1.88. The molecule has 0 atom stereocenters. The largest absolute Gasteiger partial charge is 0.494 e. The second-order valence-corrected chi connectivity index (χ2v) is 4.82. The predicted octanol–water partition coefficient (Wildman–Crippen LogP) is 3.35. The zero-order chi connectivity index (χ0) is 14.3. The molecule has 6 heteroatoms. The van der Waals surface area contributed by atoms with E-state index in [1.807, 2.05) is 0 Å². The normalized spacial score (nSPS) is 10.3. The molecule has 0 radical (unpaired) electrons. The van der Waals surface area contributed by atoms with Gasteiger partial charge in [-0.25, -0.2) is 4.39 Å². The highest BCUT2D eigenvalue weighted by atomic mass is 79.9. The van der Waals surface area contributed by atoms with Gasteiger partial charge in [-0.1, -0.05) is 0 Å². The monoisotopic (exact) mass is 333 g/mol. The summed E-state index contributed by atoms with van der Waals surface area (Å²) in [4.78, 5) is 11.7. The summed E-state index contributed by atoms with van der Waals surface area (Å²) in [7, 11) is 3.05. The maximum Gasteiger partial charge on any atom is 0.224 e. The van der Waals surface area contributed by atoms with Gasteiger partial charge in [0.2, 0.25) is 5.91 Å². The highest BCUT2D eigenvalue weighted by Gasteiger charge is 2.11. The lowest BCUT2D eigenvalue weighted by molar-refractivity contribution is -0.116. The maximum absolute atomic E-state index is 13.3. The molecule has 106 valence electrons. The van der Waals surface area contributed by atoms with Crippen molar-refractivity contribution >= 4 is 27.5 Å². The predicted molar refractivity (Wildman–Crippen MR) is 75.0 cm³/mol. The Morgan fingerprint density at radius 3 is 2.74 bits per heavy atom. The lowest BCUT2D eigenvalue weighted by atomic mass is 10.2. The lowest BCUT2D eigenvalue weighted by Crippen LogP contribution is -2.12. The van der Waals surface area contributed by atoms with Crippen LogP contribution in [-0.4, -0.2) is 26.7 Å². The molecule has 0 aromatic heterocycles. The molecule has 19 heavy (non-hydrogen) atoms. The number of carbonyl (C=O) groups excluding carboxylic acids is 1. The van der Waals surface area contributed by atoms with Gasteiger partial charge in [-0.15, -0.1) is 0 Å². The van der Waals surface area contributed by atoms with Gasteiger partial charge in [-0.3, -0.25) is 4.79 Å². The SMILES string of the molecule is COCCCCC(=O)Nc1cc(Br)c(F)cc1OC. The highest BCUT2D eigenvalue weighted by molar-refractivity contribution is 9.10. The van der Waals surface area contributed by atoms with Crippen LogP contribution < -0.4 is 10.1 Å². The van der Waals surface area contributed by atoms with E-state index in [4.69, 9.17) is 9.47 Å². The minimum Gasteiger partial charge on any atom is -0.494 e. The standard InChI is InChI=1S/C13H17BrFNO3/c1-18-6-4-3-5-13(17)16-11-7-9(14)10(15)8-12(11)19-2/h7-8H,3-6H2,1-2H3,(H,16,17). The van der Waals surface area contributed by atoms with Gasteiger partial charge in [-0.05, 0) is 34.8 Å². The fourth-order valence-electron chi connectivity index (χ4n) is 1.54.